The first-order chi connectivity index (χ1) is 14.9. The van der Waals surface area contributed by atoms with Crippen molar-refractivity contribution in [2.24, 2.45) is 0 Å². The number of nitrogens with one attached hydrogen (secondary N) is 2. The van der Waals surface area contributed by atoms with Gasteiger partial charge in [-0.1, -0.05) is 12.1 Å². The molecule has 0 atom stereocenters. The van der Waals surface area contributed by atoms with E-state index in [1.54, 1.807) is 23.1 Å². The summed E-state index contributed by atoms with van der Waals surface area (Å²) in [5, 5.41) is 2.63. The van der Waals surface area contributed by atoms with Crippen molar-refractivity contribution in [3.63, 3.8) is 0 Å². The van der Waals surface area contributed by atoms with Gasteiger partial charge in [-0.25, -0.2) is 13.1 Å². The molecule has 0 aliphatic carbocycles. The number of sulfonamides is 1. The van der Waals surface area contributed by atoms with E-state index in [2.05, 4.69) is 10.0 Å². The van der Waals surface area contributed by atoms with Gasteiger partial charge in [0.15, 0.2) is 0 Å². The first kappa shape index (κ1) is 22.5. The number of rotatable bonds is 9. The van der Waals surface area contributed by atoms with Gasteiger partial charge in [0, 0.05) is 37.8 Å². The van der Waals surface area contributed by atoms with E-state index in [1.807, 2.05) is 24.3 Å². The number of ether oxygens (including phenoxy) is 1. The molecule has 0 saturated carbocycles. The van der Waals surface area contributed by atoms with Crippen molar-refractivity contribution >= 4 is 33.6 Å². The first-order valence-corrected chi connectivity index (χ1v) is 11.4. The Kier molecular flexibility index (Phi) is 7.43. The lowest BCUT2D eigenvalue weighted by molar-refractivity contribution is -0.117. The second-order valence-electron chi connectivity index (χ2n) is 6.94. The minimum absolute atomic E-state index is 0.0620. The van der Waals surface area contributed by atoms with Crippen LogP contribution in [0.15, 0.2) is 59.5 Å². The first-order valence-electron chi connectivity index (χ1n) is 9.89. The highest BCUT2D eigenvalue weighted by Crippen LogP contribution is 2.21. The second-order valence-corrected chi connectivity index (χ2v) is 8.71. The van der Waals surface area contributed by atoms with Crippen LogP contribution in [0.4, 0.5) is 5.69 Å². The van der Waals surface area contributed by atoms with Gasteiger partial charge in [-0.3, -0.25) is 9.59 Å². The molecule has 164 valence electrons. The van der Waals surface area contributed by atoms with Crippen LogP contribution in [0.3, 0.4) is 0 Å². The molecule has 0 bridgehead atoms. The van der Waals surface area contributed by atoms with Gasteiger partial charge in [-0.2, -0.15) is 0 Å². The van der Waals surface area contributed by atoms with Crippen molar-refractivity contribution in [1.82, 2.24) is 10.0 Å². The van der Waals surface area contributed by atoms with E-state index in [4.69, 9.17) is 4.74 Å². The predicted octanol–water partition coefficient (Wildman–Crippen LogP) is 1.93. The predicted molar refractivity (Wildman–Crippen MR) is 118 cm³/mol. The Morgan fingerprint density at radius 3 is 2.42 bits per heavy atom. The molecule has 1 fully saturated rings. The quantitative estimate of drug-likeness (QED) is 0.455. The Balaban J connectivity index is 1.43. The summed E-state index contributed by atoms with van der Waals surface area (Å²) in [5.41, 5.74) is 1.68. The van der Waals surface area contributed by atoms with Gasteiger partial charge in [0.1, 0.15) is 5.75 Å². The third kappa shape index (κ3) is 6.16. The van der Waals surface area contributed by atoms with E-state index < -0.39 is 10.0 Å². The van der Waals surface area contributed by atoms with E-state index in [0.717, 1.165) is 24.2 Å². The lowest BCUT2D eigenvalue weighted by atomic mass is 10.2. The minimum Gasteiger partial charge on any atom is -0.497 e. The van der Waals surface area contributed by atoms with Crippen LogP contribution in [-0.4, -0.2) is 47.0 Å². The number of nitrogens with zero attached hydrogens (tertiary/aromatic N) is 1. The highest BCUT2D eigenvalue weighted by atomic mass is 32.2. The molecule has 0 radical (unpaired) electrons. The zero-order valence-corrected chi connectivity index (χ0v) is 18.0. The van der Waals surface area contributed by atoms with Crippen molar-refractivity contribution in [2.75, 3.05) is 31.6 Å². The molecule has 3 rings (SSSR count). The number of anilines is 1. The summed E-state index contributed by atoms with van der Waals surface area (Å²) in [6.45, 7) is 0.944. The van der Waals surface area contributed by atoms with Crippen LogP contribution >= 0.6 is 0 Å². The standard InChI is InChI=1S/C22H25N3O5S/c1-30-19-9-11-20(12-10-19)31(28,29)24-15-14-23-21(26)13-6-17-4-7-18(8-5-17)25-16-2-3-22(25)27/h4-13,24H,2-3,14-16H2,1H3,(H,23,26)/b13-6+. The van der Waals surface area contributed by atoms with E-state index in [9.17, 15) is 18.0 Å². The summed E-state index contributed by atoms with van der Waals surface area (Å²) in [7, 11) is -2.15. The molecule has 31 heavy (non-hydrogen) atoms. The van der Waals surface area contributed by atoms with E-state index >= 15 is 0 Å². The van der Waals surface area contributed by atoms with Crippen molar-refractivity contribution in [3.8, 4) is 5.75 Å². The largest absolute Gasteiger partial charge is 0.497 e. The number of benzene rings is 2. The average molecular weight is 444 g/mol. The monoisotopic (exact) mass is 443 g/mol. The lowest BCUT2D eigenvalue weighted by Gasteiger charge is -2.15. The molecule has 2 aromatic carbocycles. The molecule has 9 heteroatoms. The molecular weight excluding hydrogens is 418 g/mol. The molecule has 0 aromatic heterocycles. The van der Waals surface area contributed by atoms with Crippen molar-refractivity contribution in [3.05, 3.63) is 60.2 Å². The van der Waals surface area contributed by atoms with E-state index in [0.29, 0.717) is 12.2 Å². The fraction of sp³-hybridized carbons (Fsp3) is 0.273. The fourth-order valence-electron chi connectivity index (χ4n) is 3.13. The third-order valence-electron chi connectivity index (χ3n) is 4.79. The Morgan fingerprint density at radius 1 is 1.10 bits per heavy atom. The number of methoxy groups -OCH3 is 1. The summed E-state index contributed by atoms with van der Waals surface area (Å²) in [6.07, 6.45) is 4.50. The maximum atomic E-state index is 12.2. The van der Waals surface area contributed by atoms with Gasteiger partial charge in [0.25, 0.3) is 0 Å². The van der Waals surface area contributed by atoms with E-state index in [1.165, 1.54) is 25.3 Å². The molecule has 0 unspecified atom stereocenters. The molecular formula is C22H25N3O5S. The smallest absolute Gasteiger partial charge is 0.244 e. The van der Waals surface area contributed by atoms with Gasteiger partial charge in [-0.05, 0) is 54.5 Å². The van der Waals surface area contributed by atoms with Crippen LogP contribution in [0, 0.1) is 0 Å². The molecule has 1 aliphatic rings. The summed E-state index contributed by atoms with van der Waals surface area (Å²) in [4.78, 5) is 25.6. The summed E-state index contributed by atoms with van der Waals surface area (Å²) in [6, 6.07) is 13.4. The van der Waals surface area contributed by atoms with Gasteiger partial charge in [-0.15, -0.1) is 0 Å². The molecule has 1 heterocycles. The normalized spacial score (nSPS) is 14.2. The zero-order valence-electron chi connectivity index (χ0n) is 17.2. The lowest BCUT2D eigenvalue weighted by Crippen LogP contribution is -2.34. The van der Waals surface area contributed by atoms with E-state index in [-0.39, 0.29) is 29.8 Å². The number of carbonyl (C=O) groups excluding carboxylic acids is 2. The second kappa shape index (κ2) is 10.2. The third-order valence-corrected chi connectivity index (χ3v) is 6.27. The number of carbonyl (C=O) groups is 2. The van der Waals surface area contributed by atoms with Crippen LogP contribution in [-0.2, 0) is 19.6 Å². The van der Waals surface area contributed by atoms with Crippen LogP contribution in [0.2, 0.25) is 0 Å². The van der Waals surface area contributed by atoms with Crippen LogP contribution in [0.25, 0.3) is 6.08 Å². The zero-order chi connectivity index (χ0) is 22.3. The molecule has 0 spiro atoms. The topological polar surface area (TPSA) is 105 Å². The molecule has 1 saturated heterocycles. The molecule has 2 aromatic rings. The Morgan fingerprint density at radius 2 is 1.81 bits per heavy atom. The van der Waals surface area contributed by atoms with Gasteiger partial charge in [0.05, 0.1) is 12.0 Å². The summed E-state index contributed by atoms with van der Waals surface area (Å²) < 4.78 is 31.9. The Labute approximate surface area is 181 Å². The number of hydrogen-bond donors (Lipinski definition) is 2. The summed E-state index contributed by atoms with van der Waals surface area (Å²) >= 11 is 0. The molecule has 8 nitrogen and oxygen atoms in total. The highest BCUT2D eigenvalue weighted by Gasteiger charge is 2.21. The highest BCUT2D eigenvalue weighted by molar-refractivity contribution is 7.89. The Bertz CT molecular complexity index is 1050. The van der Waals surface area contributed by atoms with Crippen LogP contribution in [0.1, 0.15) is 18.4 Å². The number of hydrogen-bond acceptors (Lipinski definition) is 5. The van der Waals surface area contributed by atoms with Gasteiger partial charge >= 0.3 is 0 Å². The molecule has 1 aliphatic heterocycles. The summed E-state index contributed by atoms with van der Waals surface area (Å²) in [5.74, 6) is 0.366. The molecule has 2 N–H and O–H groups in total. The number of amides is 2. The van der Waals surface area contributed by atoms with Crippen molar-refractivity contribution in [1.29, 1.82) is 0 Å². The maximum Gasteiger partial charge on any atom is 0.244 e. The maximum absolute atomic E-state index is 12.2. The SMILES string of the molecule is COc1ccc(S(=O)(=O)NCCNC(=O)/C=C/c2ccc(N3CCCC3=O)cc2)cc1. The molecule has 2 amide bonds. The van der Waals surface area contributed by atoms with Crippen molar-refractivity contribution < 1.29 is 22.7 Å². The average Bonchev–Trinajstić information content (AvgIpc) is 3.21. The Hall–Kier alpha value is -3.17. The van der Waals surface area contributed by atoms with Gasteiger partial charge < -0.3 is 15.0 Å². The fourth-order valence-corrected chi connectivity index (χ4v) is 4.16. The van der Waals surface area contributed by atoms with Crippen molar-refractivity contribution in [2.45, 2.75) is 17.7 Å². The van der Waals surface area contributed by atoms with Gasteiger partial charge in [0.2, 0.25) is 21.8 Å². The minimum atomic E-state index is -3.66. The van der Waals surface area contributed by atoms with Crippen LogP contribution < -0.4 is 19.7 Å². The van der Waals surface area contributed by atoms with Crippen LogP contribution in [0.5, 0.6) is 5.75 Å².